The third-order valence-electron chi connectivity index (χ3n) is 1.85. The van der Waals surface area contributed by atoms with Crippen molar-refractivity contribution in [2.75, 3.05) is 5.75 Å². The van der Waals surface area contributed by atoms with Crippen LogP contribution < -0.4 is 5.73 Å². The van der Waals surface area contributed by atoms with Crippen molar-refractivity contribution in [2.45, 2.75) is 17.7 Å². The summed E-state index contributed by atoms with van der Waals surface area (Å²) in [6.07, 6.45) is 1.06. The minimum atomic E-state index is -1.13. The van der Waals surface area contributed by atoms with Crippen LogP contribution in [0.1, 0.15) is 12.8 Å². The lowest BCUT2D eigenvalue weighted by atomic mass is 10.3. The van der Waals surface area contributed by atoms with E-state index in [2.05, 4.69) is 0 Å². The lowest BCUT2D eigenvalue weighted by molar-refractivity contribution is 0.626. The molecule has 82 valence electrons. The van der Waals surface area contributed by atoms with E-state index in [1.165, 1.54) is 24.3 Å². The highest BCUT2D eigenvalue weighted by molar-refractivity contribution is 7.85. The van der Waals surface area contributed by atoms with Gasteiger partial charge in [0.15, 0.2) is 0 Å². The first-order valence-corrected chi connectivity index (χ1v) is 5.88. The standard InChI is InChI=1S/C10H13FN2OS/c11-8-3-5-9(6-4-8)15(14)7-1-2-10(12)13/h3-6H,1-2,7H2,(H3,12,13). The summed E-state index contributed by atoms with van der Waals surface area (Å²) in [5.74, 6) is 0.219. The second kappa shape index (κ2) is 5.60. The van der Waals surface area contributed by atoms with Gasteiger partial charge in [0, 0.05) is 17.1 Å². The molecule has 0 spiro atoms. The number of benzene rings is 1. The number of hydrogen-bond donors (Lipinski definition) is 2. The van der Waals surface area contributed by atoms with Crippen LogP contribution in [0, 0.1) is 11.2 Å². The summed E-state index contributed by atoms with van der Waals surface area (Å²) in [7, 11) is -1.13. The first kappa shape index (κ1) is 11.8. The molecule has 0 aromatic heterocycles. The van der Waals surface area contributed by atoms with Crippen molar-refractivity contribution in [1.82, 2.24) is 0 Å². The maximum atomic E-state index is 12.6. The van der Waals surface area contributed by atoms with Crippen molar-refractivity contribution in [3.63, 3.8) is 0 Å². The third-order valence-corrected chi connectivity index (χ3v) is 3.31. The summed E-state index contributed by atoms with van der Waals surface area (Å²) in [4.78, 5) is 0.611. The Balaban J connectivity index is 2.47. The molecule has 1 atom stereocenters. The smallest absolute Gasteiger partial charge is 0.123 e. The Bertz CT molecular complexity index is 364. The Kier molecular flexibility index (Phi) is 4.42. The largest absolute Gasteiger partial charge is 0.388 e. The molecular weight excluding hydrogens is 215 g/mol. The van der Waals surface area contributed by atoms with E-state index in [-0.39, 0.29) is 11.7 Å². The van der Waals surface area contributed by atoms with Gasteiger partial charge >= 0.3 is 0 Å². The molecule has 1 aromatic rings. The molecule has 0 aliphatic heterocycles. The van der Waals surface area contributed by atoms with E-state index in [0.29, 0.717) is 23.5 Å². The summed E-state index contributed by atoms with van der Waals surface area (Å²) in [6.45, 7) is 0. The first-order chi connectivity index (χ1) is 7.09. The highest BCUT2D eigenvalue weighted by Crippen LogP contribution is 2.09. The number of amidine groups is 1. The van der Waals surface area contributed by atoms with Crippen molar-refractivity contribution < 1.29 is 8.60 Å². The van der Waals surface area contributed by atoms with Crippen LogP contribution in [0.3, 0.4) is 0 Å². The Hall–Kier alpha value is -1.23. The fourth-order valence-electron chi connectivity index (χ4n) is 1.10. The molecule has 0 radical (unpaired) electrons. The predicted molar refractivity (Wildman–Crippen MR) is 58.8 cm³/mol. The maximum absolute atomic E-state index is 12.6. The van der Waals surface area contributed by atoms with Gasteiger partial charge in [-0.05, 0) is 30.7 Å². The van der Waals surface area contributed by atoms with Crippen LogP contribution in [-0.2, 0) is 10.8 Å². The molecule has 5 heteroatoms. The van der Waals surface area contributed by atoms with E-state index in [4.69, 9.17) is 11.1 Å². The van der Waals surface area contributed by atoms with Gasteiger partial charge in [0.25, 0.3) is 0 Å². The summed E-state index contributed by atoms with van der Waals surface area (Å²) in [6, 6.07) is 5.61. The molecule has 3 N–H and O–H groups in total. The lowest BCUT2D eigenvalue weighted by Gasteiger charge is -2.01. The normalized spacial score (nSPS) is 12.3. The highest BCUT2D eigenvalue weighted by atomic mass is 32.2. The van der Waals surface area contributed by atoms with Gasteiger partial charge in [0.2, 0.25) is 0 Å². The van der Waals surface area contributed by atoms with Gasteiger partial charge in [-0.3, -0.25) is 9.62 Å². The highest BCUT2D eigenvalue weighted by Gasteiger charge is 2.03. The number of hydrogen-bond acceptors (Lipinski definition) is 2. The van der Waals surface area contributed by atoms with Gasteiger partial charge in [-0.15, -0.1) is 0 Å². The van der Waals surface area contributed by atoms with Gasteiger partial charge < -0.3 is 5.73 Å². The number of nitrogens with one attached hydrogen (secondary N) is 1. The zero-order chi connectivity index (χ0) is 11.3. The zero-order valence-electron chi connectivity index (χ0n) is 8.20. The average Bonchev–Trinajstić information content (AvgIpc) is 2.18. The molecule has 0 saturated carbocycles. The summed E-state index contributed by atoms with van der Waals surface area (Å²) >= 11 is 0. The van der Waals surface area contributed by atoms with Crippen molar-refractivity contribution in [3.8, 4) is 0 Å². The molecule has 0 heterocycles. The van der Waals surface area contributed by atoms with E-state index >= 15 is 0 Å². The maximum Gasteiger partial charge on any atom is 0.123 e. The molecule has 1 aromatic carbocycles. The first-order valence-electron chi connectivity index (χ1n) is 4.56. The van der Waals surface area contributed by atoms with Crippen LogP contribution in [-0.4, -0.2) is 15.8 Å². The fraction of sp³-hybridized carbons (Fsp3) is 0.300. The molecule has 0 aliphatic carbocycles. The third kappa shape index (κ3) is 4.20. The second-order valence-electron chi connectivity index (χ2n) is 3.13. The summed E-state index contributed by atoms with van der Waals surface area (Å²) in [5.41, 5.74) is 5.17. The Morgan fingerprint density at radius 2 is 2.00 bits per heavy atom. The Morgan fingerprint density at radius 3 is 2.53 bits per heavy atom. The van der Waals surface area contributed by atoms with E-state index < -0.39 is 10.8 Å². The number of rotatable bonds is 5. The van der Waals surface area contributed by atoms with E-state index in [0.717, 1.165) is 0 Å². The van der Waals surface area contributed by atoms with Crippen LogP contribution >= 0.6 is 0 Å². The molecule has 0 amide bonds. The van der Waals surface area contributed by atoms with Gasteiger partial charge in [-0.25, -0.2) is 4.39 Å². The summed E-state index contributed by atoms with van der Waals surface area (Å²) < 4.78 is 24.2. The lowest BCUT2D eigenvalue weighted by Crippen LogP contribution is -2.10. The van der Waals surface area contributed by atoms with Crippen LogP contribution in [0.15, 0.2) is 29.2 Å². The van der Waals surface area contributed by atoms with E-state index in [1.54, 1.807) is 0 Å². The fourth-order valence-corrected chi connectivity index (χ4v) is 2.18. The summed E-state index contributed by atoms with van der Waals surface area (Å²) in [5, 5.41) is 7.00. The van der Waals surface area contributed by atoms with Gasteiger partial charge in [-0.1, -0.05) is 0 Å². The number of nitrogens with two attached hydrogens (primary N) is 1. The monoisotopic (exact) mass is 228 g/mol. The van der Waals surface area contributed by atoms with Gasteiger partial charge in [0.1, 0.15) is 5.82 Å². The quantitative estimate of drug-likeness (QED) is 0.594. The van der Waals surface area contributed by atoms with Crippen LogP contribution in [0.4, 0.5) is 4.39 Å². The van der Waals surface area contributed by atoms with Gasteiger partial charge in [-0.2, -0.15) is 0 Å². The second-order valence-corrected chi connectivity index (χ2v) is 4.70. The number of halogens is 1. The van der Waals surface area contributed by atoms with Gasteiger partial charge in [0.05, 0.1) is 16.6 Å². The molecular formula is C10H13FN2OS. The SMILES string of the molecule is N=C(N)CCCS(=O)c1ccc(F)cc1. The minimum Gasteiger partial charge on any atom is -0.388 e. The van der Waals surface area contributed by atoms with Crippen molar-refractivity contribution in [2.24, 2.45) is 5.73 Å². The topological polar surface area (TPSA) is 66.9 Å². The van der Waals surface area contributed by atoms with E-state index in [1.807, 2.05) is 0 Å². The zero-order valence-corrected chi connectivity index (χ0v) is 9.02. The Morgan fingerprint density at radius 1 is 1.40 bits per heavy atom. The van der Waals surface area contributed by atoms with Crippen LogP contribution in [0.5, 0.6) is 0 Å². The molecule has 0 bridgehead atoms. The molecule has 0 aliphatic rings. The van der Waals surface area contributed by atoms with Crippen molar-refractivity contribution in [1.29, 1.82) is 5.41 Å². The van der Waals surface area contributed by atoms with Crippen molar-refractivity contribution >= 4 is 16.6 Å². The van der Waals surface area contributed by atoms with Crippen LogP contribution in [0.2, 0.25) is 0 Å². The van der Waals surface area contributed by atoms with Crippen LogP contribution in [0.25, 0.3) is 0 Å². The molecule has 0 saturated heterocycles. The molecule has 15 heavy (non-hydrogen) atoms. The molecule has 1 unspecified atom stereocenters. The Labute approximate surface area is 90.5 Å². The molecule has 0 fully saturated rings. The predicted octanol–water partition coefficient (Wildman–Crippen LogP) is 1.65. The molecule has 1 rings (SSSR count). The van der Waals surface area contributed by atoms with Crippen molar-refractivity contribution in [3.05, 3.63) is 30.1 Å². The average molecular weight is 228 g/mol. The molecule has 3 nitrogen and oxygen atoms in total. The minimum absolute atomic E-state index is 0.103. The van der Waals surface area contributed by atoms with E-state index in [9.17, 15) is 8.60 Å².